The molecule has 1 aromatic heterocycles. The zero-order chi connectivity index (χ0) is 14.2. The largest absolute Gasteiger partial charge is 0.416 e. The summed E-state index contributed by atoms with van der Waals surface area (Å²) in [5.74, 6) is 0. The number of carbonyl (C=O) groups is 1. The molecule has 100 valence electrons. The zero-order valence-electron chi connectivity index (χ0n) is 9.32. The standard InChI is InChI=1S/C11H7F3N2O3/c12-11(13,14)6-1-2-8-7(5-6)9(18)16(3-4-17)10(19)15-8/h1-2,4-5H,3H2,(H,15,19). The number of aldehydes is 1. The van der Waals surface area contributed by atoms with Gasteiger partial charge in [0, 0.05) is 0 Å². The first-order valence-electron chi connectivity index (χ1n) is 5.12. The van der Waals surface area contributed by atoms with Crippen LogP contribution < -0.4 is 11.2 Å². The number of halogens is 3. The second-order valence-electron chi connectivity index (χ2n) is 3.77. The number of carbonyl (C=O) groups excluding carboxylic acids is 1. The van der Waals surface area contributed by atoms with E-state index in [0.717, 1.165) is 12.1 Å². The van der Waals surface area contributed by atoms with Gasteiger partial charge in [0.25, 0.3) is 5.56 Å². The van der Waals surface area contributed by atoms with Gasteiger partial charge in [-0.3, -0.25) is 9.36 Å². The summed E-state index contributed by atoms with van der Waals surface area (Å²) >= 11 is 0. The van der Waals surface area contributed by atoms with E-state index >= 15 is 0 Å². The average molecular weight is 272 g/mol. The molecule has 0 amide bonds. The molecule has 0 unspecified atom stereocenters. The Morgan fingerprint density at radius 3 is 2.53 bits per heavy atom. The number of aromatic amines is 1. The second-order valence-corrected chi connectivity index (χ2v) is 3.77. The summed E-state index contributed by atoms with van der Waals surface area (Å²) in [6, 6.07) is 2.42. The molecule has 0 saturated carbocycles. The lowest BCUT2D eigenvalue weighted by Gasteiger charge is -2.08. The van der Waals surface area contributed by atoms with Crippen molar-refractivity contribution < 1.29 is 18.0 Å². The first-order valence-corrected chi connectivity index (χ1v) is 5.12. The summed E-state index contributed by atoms with van der Waals surface area (Å²) < 4.78 is 38.2. The Labute approximate surface area is 103 Å². The average Bonchev–Trinajstić information content (AvgIpc) is 2.33. The number of fused-ring (bicyclic) bond motifs is 1. The van der Waals surface area contributed by atoms with E-state index in [1.807, 2.05) is 0 Å². The Balaban J connectivity index is 2.82. The number of nitrogens with one attached hydrogen (secondary N) is 1. The summed E-state index contributed by atoms with van der Waals surface area (Å²) in [5, 5.41) is -0.295. The number of alkyl halides is 3. The summed E-state index contributed by atoms with van der Waals surface area (Å²) in [4.78, 5) is 35.9. The van der Waals surface area contributed by atoms with Crippen LogP contribution in [0.2, 0.25) is 0 Å². The third-order valence-electron chi connectivity index (χ3n) is 2.57. The van der Waals surface area contributed by atoms with Gasteiger partial charge in [-0.05, 0) is 18.2 Å². The molecule has 0 radical (unpaired) electrons. The normalized spacial score (nSPS) is 11.7. The van der Waals surface area contributed by atoms with E-state index < -0.39 is 29.5 Å². The molecule has 1 N–H and O–H groups in total. The van der Waals surface area contributed by atoms with Crippen molar-refractivity contribution in [2.45, 2.75) is 12.7 Å². The number of rotatable bonds is 2. The highest BCUT2D eigenvalue weighted by molar-refractivity contribution is 5.78. The Kier molecular flexibility index (Phi) is 3.01. The van der Waals surface area contributed by atoms with Gasteiger partial charge in [-0.1, -0.05) is 0 Å². The molecule has 0 fully saturated rings. The highest BCUT2D eigenvalue weighted by Gasteiger charge is 2.30. The minimum Gasteiger partial charge on any atom is -0.307 e. The maximum atomic E-state index is 12.5. The molecule has 5 nitrogen and oxygen atoms in total. The molecule has 0 aliphatic rings. The summed E-state index contributed by atoms with van der Waals surface area (Å²) in [6.07, 6.45) is -4.28. The van der Waals surface area contributed by atoms with Gasteiger partial charge >= 0.3 is 11.9 Å². The van der Waals surface area contributed by atoms with E-state index in [0.29, 0.717) is 16.9 Å². The molecule has 19 heavy (non-hydrogen) atoms. The molecule has 2 aromatic rings. The fourth-order valence-electron chi connectivity index (χ4n) is 1.67. The molecular weight excluding hydrogens is 265 g/mol. The third kappa shape index (κ3) is 2.28. The summed E-state index contributed by atoms with van der Waals surface area (Å²) in [6.45, 7) is -0.514. The van der Waals surface area contributed by atoms with E-state index in [1.54, 1.807) is 0 Å². The van der Waals surface area contributed by atoms with Gasteiger partial charge in [-0.15, -0.1) is 0 Å². The van der Waals surface area contributed by atoms with Crippen LogP contribution in [0.1, 0.15) is 5.56 Å². The van der Waals surface area contributed by atoms with Crippen molar-refractivity contribution in [1.82, 2.24) is 9.55 Å². The quantitative estimate of drug-likeness (QED) is 0.826. The smallest absolute Gasteiger partial charge is 0.307 e. The maximum Gasteiger partial charge on any atom is 0.416 e. The highest BCUT2D eigenvalue weighted by Crippen LogP contribution is 2.30. The number of hydrogen-bond donors (Lipinski definition) is 1. The van der Waals surface area contributed by atoms with Crippen molar-refractivity contribution in [3.05, 3.63) is 44.6 Å². The Morgan fingerprint density at radius 1 is 1.26 bits per heavy atom. The predicted octanol–water partition coefficient (Wildman–Crippen LogP) is 0.907. The third-order valence-corrected chi connectivity index (χ3v) is 2.57. The number of H-pyrrole nitrogens is 1. The van der Waals surface area contributed by atoms with Gasteiger partial charge in [0.15, 0.2) is 0 Å². The van der Waals surface area contributed by atoms with Crippen LogP contribution in [0.25, 0.3) is 10.9 Å². The van der Waals surface area contributed by atoms with E-state index in [4.69, 9.17) is 0 Å². The van der Waals surface area contributed by atoms with E-state index in [9.17, 15) is 27.6 Å². The first kappa shape index (κ1) is 13.1. The molecule has 0 spiro atoms. The van der Waals surface area contributed by atoms with E-state index in [2.05, 4.69) is 4.98 Å². The fraction of sp³-hybridized carbons (Fsp3) is 0.182. The van der Waals surface area contributed by atoms with Gasteiger partial charge in [-0.25, -0.2) is 4.79 Å². The lowest BCUT2D eigenvalue weighted by Crippen LogP contribution is -2.35. The van der Waals surface area contributed by atoms with Crippen LogP contribution in [0.5, 0.6) is 0 Å². The number of aromatic nitrogens is 2. The zero-order valence-corrected chi connectivity index (χ0v) is 9.32. The van der Waals surface area contributed by atoms with Gasteiger partial charge in [-0.2, -0.15) is 13.2 Å². The SMILES string of the molecule is O=CCn1c(=O)[nH]c2ccc(C(F)(F)F)cc2c1=O. The van der Waals surface area contributed by atoms with Crippen LogP contribution in [-0.2, 0) is 17.5 Å². The molecule has 0 aliphatic heterocycles. The van der Waals surface area contributed by atoms with Crippen LogP contribution in [-0.4, -0.2) is 15.8 Å². The van der Waals surface area contributed by atoms with Crippen molar-refractivity contribution in [2.24, 2.45) is 0 Å². The van der Waals surface area contributed by atoms with Crippen molar-refractivity contribution in [3.8, 4) is 0 Å². The second kappa shape index (κ2) is 4.38. The van der Waals surface area contributed by atoms with Crippen LogP contribution in [0.4, 0.5) is 13.2 Å². The Hall–Kier alpha value is -2.38. The van der Waals surface area contributed by atoms with E-state index in [1.165, 1.54) is 0 Å². The summed E-state index contributed by atoms with van der Waals surface area (Å²) in [7, 11) is 0. The van der Waals surface area contributed by atoms with Gasteiger partial charge < -0.3 is 9.78 Å². The molecule has 2 rings (SSSR count). The maximum absolute atomic E-state index is 12.5. The topological polar surface area (TPSA) is 71.9 Å². The molecule has 1 aromatic carbocycles. The summed E-state index contributed by atoms with van der Waals surface area (Å²) in [5.41, 5.74) is -2.78. The molecule has 0 bridgehead atoms. The van der Waals surface area contributed by atoms with Gasteiger partial charge in [0.1, 0.15) is 6.29 Å². The van der Waals surface area contributed by atoms with Crippen molar-refractivity contribution >= 4 is 17.2 Å². The molecule has 1 heterocycles. The van der Waals surface area contributed by atoms with E-state index in [-0.39, 0.29) is 10.9 Å². The monoisotopic (exact) mass is 272 g/mol. The number of hydrogen-bond acceptors (Lipinski definition) is 3. The predicted molar refractivity (Wildman–Crippen MR) is 59.9 cm³/mol. The van der Waals surface area contributed by atoms with Crippen molar-refractivity contribution in [2.75, 3.05) is 0 Å². The van der Waals surface area contributed by atoms with Crippen LogP contribution >= 0.6 is 0 Å². The number of nitrogens with zero attached hydrogens (tertiary/aromatic N) is 1. The minimum absolute atomic E-state index is 0.00912. The minimum atomic E-state index is -4.59. The van der Waals surface area contributed by atoms with Crippen molar-refractivity contribution in [3.63, 3.8) is 0 Å². The molecule has 0 aliphatic carbocycles. The lowest BCUT2D eigenvalue weighted by atomic mass is 10.1. The van der Waals surface area contributed by atoms with Crippen molar-refractivity contribution in [1.29, 1.82) is 0 Å². The van der Waals surface area contributed by atoms with Crippen LogP contribution in [0, 0.1) is 0 Å². The van der Waals surface area contributed by atoms with Gasteiger partial charge in [0.2, 0.25) is 0 Å². The van der Waals surface area contributed by atoms with Crippen LogP contribution in [0.3, 0.4) is 0 Å². The fourth-order valence-corrected chi connectivity index (χ4v) is 1.67. The Bertz CT molecular complexity index is 758. The lowest BCUT2D eigenvalue weighted by molar-refractivity contribution is -0.137. The molecule has 8 heteroatoms. The molecular formula is C11H7F3N2O3. The van der Waals surface area contributed by atoms with Gasteiger partial charge in [0.05, 0.1) is 23.0 Å². The molecule has 0 saturated heterocycles. The Morgan fingerprint density at radius 2 is 1.95 bits per heavy atom. The number of benzene rings is 1. The van der Waals surface area contributed by atoms with Crippen LogP contribution in [0.15, 0.2) is 27.8 Å². The highest BCUT2D eigenvalue weighted by atomic mass is 19.4. The molecule has 0 atom stereocenters. The first-order chi connectivity index (χ1) is 8.84.